The number of nitrogens with one attached hydrogen (secondary N) is 2. The number of aromatic nitrogens is 4. The summed E-state index contributed by atoms with van der Waals surface area (Å²) in [6.45, 7) is 1.87. The normalized spacial score (nSPS) is 20.3. The van der Waals surface area contributed by atoms with Gasteiger partial charge in [0.2, 0.25) is 0 Å². The molecule has 9 heteroatoms. The van der Waals surface area contributed by atoms with E-state index in [4.69, 9.17) is 11.5 Å². The van der Waals surface area contributed by atoms with Crippen molar-refractivity contribution in [2.24, 2.45) is 16.5 Å². The Morgan fingerprint density at radius 1 is 1.17 bits per heavy atom. The predicted molar refractivity (Wildman–Crippen MR) is 85.9 cm³/mol. The first-order valence-electron chi connectivity index (χ1n) is 6.97. The second-order valence-corrected chi connectivity index (χ2v) is 5.21. The van der Waals surface area contributed by atoms with Gasteiger partial charge in [-0.1, -0.05) is 0 Å². The lowest BCUT2D eigenvalue weighted by atomic mass is 10.0. The van der Waals surface area contributed by atoms with Crippen molar-refractivity contribution in [1.29, 1.82) is 0 Å². The van der Waals surface area contributed by atoms with Crippen LogP contribution < -0.4 is 22.1 Å². The molecule has 2 aromatic rings. The molecule has 23 heavy (non-hydrogen) atoms. The molecule has 3 heterocycles. The molecule has 118 valence electrons. The van der Waals surface area contributed by atoms with Crippen LogP contribution in [0.25, 0.3) is 0 Å². The van der Waals surface area contributed by atoms with Gasteiger partial charge in [0.15, 0.2) is 5.96 Å². The fourth-order valence-electron chi connectivity index (χ4n) is 2.17. The van der Waals surface area contributed by atoms with Crippen LogP contribution in [0.1, 0.15) is 11.4 Å². The third-order valence-corrected chi connectivity index (χ3v) is 3.11. The molecule has 2 aromatic heterocycles. The van der Waals surface area contributed by atoms with E-state index >= 15 is 0 Å². The number of nitrogens with zero attached hydrogens (tertiary/aromatic N) is 5. The zero-order valence-electron chi connectivity index (χ0n) is 12.6. The molecular formula is C14H17N9. The maximum Gasteiger partial charge on any atom is 0.196 e. The van der Waals surface area contributed by atoms with Crippen LogP contribution in [0.15, 0.2) is 47.9 Å². The number of anilines is 1. The third kappa shape index (κ3) is 3.77. The van der Waals surface area contributed by atoms with Gasteiger partial charge in [-0.15, -0.1) is 0 Å². The summed E-state index contributed by atoms with van der Waals surface area (Å²) in [6.07, 6.45) is 10.2. The van der Waals surface area contributed by atoms with Crippen molar-refractivity contribution < 1.29 is 0 Å². The lowest BCUT2D eigenvalue weighted by Gasteiger charge is -2.28. The van der Waals surface area contributed by atoms with Gasteiger partial charge in [-0.25, -0.2) is 9.98 Å². The minimum atomic E-state index is -1.02. The summed E-state index contributed by atoms with van der Waals surface area (Å²) in [5, 5.41) is 5.97. The Balaban J connectivity index is 1.81. The molecule has 0 saturated heterocycles. The van der Waals surface area contributed by atoms with E-state index in [0.717, 1.165) is 11.4 Å². The predicted octanol–water partition coefficient (Wildman–Crippen LogP) is -0.356. The van der Waals surface area contributed by atoms with Crippen LogP contribution in [0, 0.1) is 6.92 Å². The molecule has 0 aromatic carbocycles. The first-order valence-corrected chi connectivity index (χ1v) is 6.97. The van der Waals surface area contributed by atoms with Gasteiger partial charge in [0.05, 0.1) is 17.6 Å². The first kappa shape index (κ1) is 14.9. The largest absolute Gasteiger partial charge is 0.370 e. The zero-order valence-corrected chi connectivity index (χ0v) is 12.6. The Morgan fingerprint density at radius 3 is 2.74 bits per heavy atom. The Bertz CT molecular complexity index is 739. The highest BCUT2D eigenvalue weighted by atomic mass is 15.3. The van der Waals surface area contributed by atoms with E-state index in [1.54, 1.807) is 37.1 Å². The minimum Gasteiger partial charge on any atom is -0.370 e. The summed E-state index contributed by atoms with van der Waals surface area (Å²) in [6, 6.07) is 0. The van der Waals surface area contributed by atoms with Gasteiger partial charge in [0, 0.05) is 31.2 Å². The molecular weight excluding hydrogens is 294 g/mol. The van der Waals surface area contributed by atoms with E-state index in [1.165, 1.54) is 0 Å². The number of guanidine groups is 1. The Labute approximate surface area is 133 Å². The average Bonchev–Trinajstić information content (AvgIpc) is 2.49. The van der Waals surface area contributed by atoms with Gasteiger partial charge in [-0.2, -0.15) is 0 Å². The van der Waals surface area contributed by atoms with Gasteiger partial charge < -0.3 is 22.1 Å². The summed E-state index contributed by atoms with van der Waals surface area (Å²) in [4.78, 5) is 20.9. The summed E-state index contributed by atoms with van der Waals surface area (Å²) >= 11 is 0. The van der Waals surface area contributed by atoms with Crippen LogP contribution in [-0.2, 0) is 6.42 Å². The topological polar surface area (TPSA) is 140 Å². The van der Waals surface area contributed by atoms with Crippen molar-refractivity contribution >= 4 is 11.8 Å². The zero-order chi connectivity index (χ0) is 16.3. The number of nitrogens with two attached hydrogens (primary N) is 2. The molecule has 0 fully saturated rings. The minimum absolute atomic E-state index is 0.210. The maximum atomic E-state index is 6.34. The standard InChI is InChI=1S/C14H17N9/c1-9-6-20-10(7-19-9)4-14(16)5-11(22-13(15)23-14)21-12-8-17-2-3-18-12/h2-3,5-8H,4,16H2,1H3,(H,18,21)(H3,15,22,23). The molecule has 0 amide bonds. The van der Waals surface area contributed by atoms with Crippen molar-refractivity contribution in [2.75, 3.05) is 5.32 Å². The summed E-state index contributed by atoms with van der Waals surface area (Å²) < 4.78 is 0. The molecule has 6 N–H and O–H groups in total. The van der Waals surface area contributed by atoms with Crippen molar-refractivity contribution in [2.45, 2.75) is 19.0 Å². The van der Waals surface area contributed by atoms with E-state index in [2.05, 4.69) is 35.6 Å². The highest BCUT2D eigenvalue weighted by Crippen LogP contribution is 2.17. The molecule has 0 radical (unpaired) electrons. The average molecular weight is 311 g/mol. The number of rotatable bonds is 4. The number of aliphatic imine (C=N–C) groups is 1. The van der Waals surface area contributed by atoms with Gasteiger partial charge in [0.1, 0.15) is 17.3 Å². The molecule has 0 aliphatic carbocycles. The van der Waals surface area contributed by atoms with Gasteiger partial charge in [-0.05, 0) is 13.0 Å². The van der Waals surface area contributed by atoms with Crippen LogP contribution in [-0.4, -0.2) is 31.6 Å². The number of aryl methyl sites for hydroxylation is 1. The Kier molecular flexibility index (Phi) is 3.85. The Hall–Kier alpha value is -3.07. The third-order valence-electron chi connectivity index (χ3n) is 3.11. The van der Waals surface area contributed by atoms with Crippen LogP contribution in [0.4, 0.5) is 5.82 Å². The summed E-state index contributed by atoms with van der Waals surface area (Å²) in [5.74, 6) is 1.36. The van der Waals surface area contributed by atoms with E-state index in [1.807, 2.05) is 6.92 Å². The highest BCUT2D eigenvalue weighted by molar-refractivity contribution is 5.82. The molecule has 1 atom stereocenters. The quantitative estimate of drug-likeness (QED) is 0.600. The fraction of sp³-hybridized carbons (Fsp3) is 0.214. The van der Waals surface area contributed by atoms with E-state index in [0.29, 0.717) is 18.1 Å². The maximum absolute atomic E-state index is 6.34. The van der Waals surface area contributed by atoms with Crippen LogP contribution in [0.3, 0.4) is 0 Å². The van der Waals surface area contributed by atoms with Crippen LogP contribution in [0.2, 0.25) is 0 Å². The fourth-order valence-corrected chi connectivity index (χ4v) is 2.17. The van der Waals surface area contributed by atoms with Crippen molar-refractivity contribution in [3.63, 3.8) is 0 Å². The summed E-state index contributed by atoms with van der Waals surface area (Å²) in [7, 11) is 0. The number of hydrogen-bond donors (Lipinski definition) is 4. The van der Waals surface area contributed by atoms with Crippen molar-refractivity contribution in [3.05, 3.63) is 54.3 Å². The SMILES string of the molecule is Cc1cnc(CC2(N)C=C(Nc3cnccn3)NC(N)=N2)cn1. The lowest BCUT2D eigenvalue weighted by molar-refractivity contribution is 0.528. The molecule has 9 nitrogen and oxygen atoms in total. The first-order chi connectivity index (χ1) is 11.0. The molecule has 1 aliphatic heterocycles. The van der Waals surface area contributed by atoms with Gasteiger partial charge >= 0.3 is 0 Å². The molecule has 0 saturated carbocycles. The van der Waals surface area contributed by atoms with Crippen molar-refractivity contribution in [1.82, 2.24) is 25.3 Å². The van der Waals surface area contributed by atoms with E-state index in [9.17, 15) is 0 Å². The molecule has 3 rings (SSSR count). The summed E-state index contributed by atoms with van der Waals surface area (Å²) in [5.41, 5.74) is 12.7. The Morgan fingerprint density at radius 2 is 2.04 bits per heavy atom. The molecule has 0 spiro atoms. The second-order valence-electron chi connectivity index (χ2n) is 5.21. The molecule has 1 aliphatic rings. The van der Waals surface area contributed by atoms with Gasteiger partial charge in [-0.3, -0.25) is 15.0 Å². The smallest absolute Gasteiger partial charge is 0.196 e. The van der Waals surface area contributed by atoms with E-state index in [-0.39, 0.29) is 5.96 Å². The van der Waals surface area contributed by atoms with Crippen molar-refractivity contribution in [3.8, 4) is 0 Å². The number of hydrogen-bond acceptors (Lipinski definition) is 9. The second kappa shape index (κ2) is 5.97. The van der Waals surface area contributed by atoms with Gasteiger partial charge in [0.25, 0.3) is 0 Å². The van der Waals surface area contributed by atoms with E-state index < -0.39 is 5.66 Å². The lowest BCUT2D eigenvalue weighted by Crippen LogP contribution is -2.49. The monoisotopic (exact) mass is 311 g/mol. The van der Waals surface area contributed by atoms with Crippen LogP contribution in [0.5, 0.6) is 0 Å². The molecule has 0 bridgehead atoms. The van der Waals surface area contributed by atoms with Crippen LogP contribution >= 0.6 is 0 Å². The highest BCUT2D eigenvalue weighted by Gasteiger charge is 2.28. The molecule has 1 unspecified atom stereocenters.